The molecule has 0 bridgehead atoms. The Balaban J connectivity index is 2.01. The van der Waals surface area contributed by atoms with E-state index in [0.29, 0.717) is 23.8 Å². The second-order valence-electron chi connectivity index (χ2n) is 4.63. The molecule has 1 fully saturated rings. The first-order valence-corrected chi connectivity index (χ1v) is 7.74. The van der Waals surface area contributed by atoms with Crippen LogP contribution in [-0.4, -0.2) is 30.6 Å². The van der Waals surface area contributed by atoms with Crippen molar-refractivity contribution in [3.05, 3.63) is 23.8 Å². The quantitative estimate of drug-likeness (QED) is 0.641. The van der Waals surface area contributed by atoms with Gasteiger partial charge in [0, 0.05) is 6.54 Å². The Kier molecular flexibility index (Phi) is 4.96. The summed E-state index contributed by atoms with van der Waals surface area (Å²) in [6, 6.07) is 5.22. The van der Waals surface area contributed by atoms with Crippen molar-refractivity contribution in [3.63, 3.8) is 0 Å². The summed E-state index contributed by atoms with van der Waals surface area (Å²) in [7, 11) is 0. The van der Waals surface area contributed by atoms with Crippen LogP contribution in [0.25, 0.3) is 0 Å². The monoisotopic (exact) mass is 280 g/mol. The van der Waals surface area contributed by atoms with E-state index in [-0.39, 0.29) is 5.97 Å². The second kappa shape index (κ2) is 6.70. The Morgan fingerprint density at radius 3 is 3.11 bits per heavy atom. The molecule has 0 aliphatic carbocycles. The van der Waals surface area contributed by atoms with Crippen LogP contribution in [0.2, 0.25) is 0 Å². The zero-order valence-corrected chi connectivity index (χ0v) is 12.0. The number of nitrogens with two attached hydrogens (primary N) is 1. The fourth-order valence-electron chi connectivity index (χ4n) is 2.05. The predicted molar refractivity (Wildman–Crippen MR) is 80.7 cm³/mol. The van der Waals surface area contributed by atoms with Crippen molar-refractivity contribution in [2.75, 3.05) is 35.7 Å². The number of hydrogen-bond donors (Lipinski definition) is 2. The Hall–Kier alpha value is -1.36. The SMILES string of the molecule is CCOC(=O)c1ccc(N)c(NCC2CCSC2)c1. The minimum absolute atomic E-state index is 0.304. The van der Waals surface area contributed by atoms with Gasteiger partial charge in [-0.1, -0.05) is 0 Å². The van der Waals surface area contributed by atoms with E-state index in [1.54, 1.807) is 25.1 Å². The molecule has 1 heterocycles. The molecule has 1 aromatic rings. The van der Waals surface area contributed by atoms with Gasteiger partial charge in [0.15, 0.2) is 0 Å². The largest absolute Gasteiger partial charge is 0.462 e. The molecule has 2 rings (SSSR count). The molecule has 0 radical (unpaired) electrons. The second-order valence-corrected chi connectivity index (χ2v) is 5.78. The van der Waals surface area contributed by atoms with Gasteiger partial charge < -0.3 is 15.8 Å². The molecule has 1 aliphatic heterocycles. The summed E-state index contributed by atoms with van der Waals surface area (Å²) in [6.07, 6.45) is 1.25. The molecule has 4 nitrogen and oxygen atoms in total. The maximum atomic E-state index is 11.7. The number of rotatable bonds is 5. The highest BCUT2D eigenvalue weighted by Gasteiger charge is 2.16. The molecule has 1 atom stereocenters. The van der Waals surface area contributed by atoms with Crippen LogP contribution in [0.4, 0.5) is 11.4 Å². The number of nitrogens with one attached hydrogen (secondary N) is 1. The highest BCUT2D eigenvalue weighted by atomic mass is 32.2. The minimum atomic E-state index is -0.304. The maximum Gasteiger partial charge on any atom is 0.338 e. The van der Waals surface area contributed by atoms with Gasteiger partial charge in [0.2, 0.25) is 0 Å². The molecule has 1 aliphatic rings. The van der Waals surface area contributed by atoms with E-state index >= 15 is 0 Å². The standard InChI is InChI=1S/C14H20N2O2S/c1-2-18-14(17)11-3-4-12(15)13(7-11)16-8-10-5-6-19-9-10/h3-4,7,10,16H,2,5-6,8-9,15H2,1H3. The Morgan fingerprint density at radius 2 is 2.42 bits per heavy atom. The van der Waals surface area contributed by atoms with Crippen molar-refractivity contribution < 1.29 is 9.53 Å². The zero-order chi connectivity index (χ0) is 13.7. The molecule has 1 unspecified atom stereocenters. The molecule has 0 saturated carbocycles. The van der Waals surface area contributed by atoms with E-state index in [1.807, 2.05) is 11.8 Å². The van der Waals surface area contributed by atoms with E-state index in [0.717, 1.165) is 12.2 Å². The van der Waals surface area contributed by atoms with Gasteiger partial charge in [0.1, 0.15) is 0 Å². The molecule has 1 aromatic carbocycles. The van der Waals surface area contributed by atoms with Gasteiger partial charge >= 0.3 is 5.97 Å². The van der Waals surface area contributed by atoms with Crippen molar-refractivity contribution in [3.8, 4) is 0 Å². The van der Waals surface area contributed by atoms with Crippen LogP contribution in [0.3, 0.4) is 0 Å². The van der Waals surface area contributed by atoms with Crippen molar-refractivity contribution in [2.24, 2.45) is 5.92 Å². The lowest BCUT2D eigenvalue weighted by Gasteiger charge is -2.14. The lowest BCUT2D eigenvalue weighted by atomic mass is 10.1. The first-order chi connectivity index (χ1) is 9.20. The summed E-state index contributed by atoms with van der Waals surface area (Å²) in [4.78, 5) is 11.7. The smallest absolute Gasteiger partial charge is 0.338 e. The van der Waals surface area contributed by atoms with Crippen LogP contribution >= 0.6 is 11.8 Å². The number of carbonyl (C=O) groups is 1. The molecular formula is C14H20N2O2S. The van der Waals surface area contributed by atoms with Crippen LogP contribution < -0.4 is 11.1 Å². The molecule has 0 amide bonds. The number of carbonyl (C=O) groups excluding carboxylic acids is 1. The fraction of sp³-hybridized carbons (Fsp3) is 0.500. The molecule has 3 N–H and O–H groups in total. The van der Waals surface area contributed by atoms with Gasteiger partial charge in [-0.2, -0.15) is 11.8 Å². The van der Waals surface area contributed by atoms with Crippen LogP contribution in [0, 0.1) is 5.92 Å². The summed E-state index contributed by atoms with van der Waals surface area (Å²) < 4.78 is 4.99. The van der Waals surface area contributed by atoms with Gasteiger partial charge in [-0.3, -0.25) is 0 Å². The van der Waals surface area contributed by atoms with Gasteiger partial charge in [0.05, 0.1) is 23.5 Å². The van der Waals surface area contributed by atoms with Crippen molar-refractivity contribution in [2.45, 2.75) is 13.3 Å². The predicted octanol–water partition coefficient (Wildman–Crippen LogP) is 2.61. The van der Waals surface area contributed by atoms with E-state index in [1.165, 1.54) is 17.9 Å². The van der Waals surface area contributed by atoms with Gasteiger partial charge in [-0.05, 0) is 49.0 Å². The van der Waals surface area contributed by atoms with E-state index < -0.39 is 0 Å². The number of nitrogen functional groups attached to an aromatic ring is 1. The first kappa shape index (κ1) is 14.1. The highest BCUT2D eigenvalue weighted by Crippen LogP contribution is 2.26. The minimum Gasteiger partial charge on any atom is -0.462 e. The van der Waals surface area contributed by atoms with E-state index in [4.69, 9.17) is 10.5 Å². The van der Waals surface area contributed by atoms with Crippen molar-refractivity contribution in [1.82, 2.24) is 0 Å². The third-order valence-corrected chi connectivity index (χ3v) is 4.40. The summed E-state index contributed by atoms with van der Waals surface area (Å²) in [5.74, 6) is 2.83. The number of anilines is 2. The molecular weight excluding hydrogens is 260 g/mol. The lowest BCUT2D eigenvalue weighted by molar-refractivity contribution is 0.0526. The van der Waals surface area contributed by atoms with Crippen molar-refractivity contribution in [1.29, 1.82) is 0 Å². The highest BCUT2D eigenvalue weighted by molar-refractivity contribution is 7.99. The maximum absolute atomic E-state index is 11.7. The van der Waals surface area contributed by atoms with Gasteiger partial charge in [0.25, 0.3) is 0 Å². The molecule has 104 valence electrons. The van der Waals surface area contributed by atoms with Gasteiger partial charge in [-0.15, -0.1) is 0 Å². The average molecular weight is 280 g/mol. The van der Waals surface area contributed by atoms with Crippen LogP contribution in [0.1, 0.15) is 23.7 Å². The summed E-state index contributed by atoms with van der Waals surface area (Å²) in [5.41, 5.74) is 7.96. The zero-order valence-electron chi connectivity index (χ0n) is 11.1. The molecule has 5 heteroatoms. The van der Waals surface area contributed by atoms with Crippen LogP contribution in [0.5, 0.6) is 0 Å². The van der Waals surface area contributed by atoms with Crippen molar-refractivity contribution >= 4 is 29.1 Å². The Morgan fingerprint density at radius 1 is 1.58 bits per heavy atom. The third kappa shape index (κ3) is 3.80. The van der Waals surface area contributed by atoms with Gasteiger partial charge in [-0.25, -0.2) is 4.79 Å². The Bertz CT molecular complexity index is 445. The first-order valence-electron chi connectivity index (χ1n) is 6.59. The summed E-state index contributed by atoms with van der Waals surface area (Å²) in [6.45, 7) is 3.08. The number of thioether (sulfide) groups is 1. The Labute approximate surface area is 118 Å². The fourth-order valence-corrected chi connectivity index (χ4v) is 3.33. The van der Waals surface area contributed by atoms with E-state index in [2.05, 4.69) is 5.32 Å². The topological polar surface area (TPSA) is 64.3 Å². The van der Waals surface area contributed by atoms with E-state index in [9.17, 15) is 4.79 Å². The third-order valence-electron chi connectivity index (χ3n) is 3.17. The van der Waals surface area contributed by atoms with Crippen LogP contribution in [0.15, 0.2) is 18.2 Å². The normalized spacial score (nSPS) is 18.3. The summed E-state index contributed by atoms with van der Waals surface area (Å²) in [5, 5.41) is 3.35. The number of ether oxygens (including phenoxy) is 1. The number of benzene rings is 1. The molecule has 0 aromatic heterocycles. The van der Waals surface area contributed by atoms with Crippen LogP contribution in [-0.2, 0) is 4.74 Å². The average Bonchev–Trinajstić information content (AvgIpc) is 2.91. The molecule has 19 heavy (non-hydrogen) atoms. The molecule has 1 saturated heterocycles. The number of esters is 1. The molecule has 0 spiro atoms. The number of hydrogen-bond acceptors (Lipinski definition) is 5. The summed E-state index contributed by atoms with van der Waals surface area (Å²) >= 11 is 1.99. The lowest BCUT2D eigenvalue weighted by Crippen LogP contribution is -2.15.